The summed E-state index contributed by atoms with van der Waals surface area (Å²) in [7, 11) is 0. The van der Waals surface area contributed by atoms with Gasteiger partial charge in [-0.05, 0) is 37.1 Å². The largest absolute Gasteiger partial charge is 0.457 e. The number of ether oxygens (including phenoxy) is 1. The molecule has 0 aromatic heterocycles. The molecule has 2 aromatic rings. The van der Waals surface area contributed by atoms with Crippen LogP contribution in [0.1, 0.15) is 11.1 Å². The van der Waals surface area contributed by atoms with Crippen LogP contribution in [0.4, 0.5) is 5.69 Å². The third-order valence-electron chi connectivity index (χ3n) is 2.58. The molecule has 0 aliphatic heterocycles. The second kappa shape index (κ2) is 4.67. The van der Waals surface area contributed by atoms with Crippen LogP contribution in [0.15, 0.2) is 42.5 Å². The first-order valence-corrected chi connectivity index (χ1v) is 5.40. The van der Waals surface area contributed by atoms with Gasteiger partial charge < -0.3 is 4.74 Å². The van der Waals surface area contributed by atoms with E-state index in [4.69, 9.17) is 10.1 Å². The van der Waals surface area contributed by atoms with E-state index < -0.39 is 0 Å². The van der Waals surface area contributed by atoms with Crippen molar-refractivity contribution in [3.05, 3.63) is 58.6 Å². The summed E-state index contributed by atoms with van der Waals surface area (Å²) in [6.45, 7) is 4.03. The van der Waals surface area contributed by atoms with Crippen LogP contribution in [0.2, 0.25) is 0 Å². The minimum atomic E-state index is 0.513. The van der Waals surface area contributed by atoms with Gasteiger partial charge in [-0.1, -0.05) is 18.2 Å². The van der Waals surface area contributed by atoms with E-state index in [1.807, 2.05) is 32.0 Å². The van der Waals surface area contributed by atoms with Crippen LogP contribution in [-0.4, -0.2) is 0 Å². The van der Waals surface area contributed by atoms with Crippen LogP contribution in [0.3, 0.4) is 0 Å². The van der Waals surface area contributed by atoms with E-state index in [-0.39, 0.29) is 0 Å². The Morgan fingerprint density at radius 2 is 1.53 bits per heavy atom. The molecule has 0 aliphatic rings. The van der Waals surface area contributed by atoms with Gasteiger partial charge >= 0.3 is 5.69 Å². The van der Waals surface area contributed by atoms with Crippen LogP contribution < -0.4 is 4.74 Å². The van der Waals surface area contributed by atoms with Gasteiger partial charge in [0.05, 0.1) is 0 Å². The fourth-order valence-corrected chi connectivity index (χ4v) is 1.66. The van der Waals surface area contributed by atoms with Crippen molar-refractivity contribution in [2.75, 3.05) is 0 Å². The second-order valence-corrected chi connectivity index (χ2v) is 3.92. The number of benzene rings is 2. The monoisotopic (exact) mass is 225 g/mol. The fourth-order valence-electron chi connectivity index (χ4n) is 1.66. The highest BCUT2D eigenvalue weighted by molar-refractivity contribution is 5.48. The zero-order valence-corrected chi connectivity index (χ0v) is 9.84. The SMILES string of the molecule is Cc1cccc(C)c1Oc1ccc([N+]#N)cc1. The van der Waals surface area contributed by atoms with Crippen molar-refractivity contribution < 1.29 is 4.74 Å². The quantitative estimate of drug-likeness (QED) is 0.701. The van der Waals surface area contributed by atoms with Gasteiger partial charge in [0.15, 0.2) is 4.98 Å². The standard InChI is InChI=1S/C14H13N2O/c1-10-4-3-5-11(2)14(10)17-13-8-6-12(16-15)7-9-13/h3-9H,1-2H3/q+1. The minimum absolute atomic E-state index is 0.513. The topological polar surface area (TPSA) is 37.4 Å². The molecule has 0 atom stereocenters. The van der Waals surface area contributed by atoms with E-state index in [1.165, 1.54) is 0 Å². The Morgan fingerprint density at radius 3 is 2.06 bits per heavy atom. The van der Waals surface area contributed by atoms with E-state index in [1.54, 1.807) is 24.3 Å². The Bertz CT molecular complexity index is 548. The van der Waals surface area contributed by atoms with E-state index >= 15 is 0 Å². The van der Waals surface area contributed by atoms with E-state index in [2.05, 4.69) is 4.98 Å². The van der Waals surface area contributed by atoms with Crippen LogP contribution in [0.5, 0.6) is 11.5 Å². The molecule has 0 radical (unpaired) electrons. The van der Waals surface area contributed by atoms with Gasteiger partial charge in [-0.25, -0.2) is 0 Å². The lowest BCUT2D eigenvalue weighted by molar-refractivity contribution is 0.475. The molecule has 0 amide bonds. The summed E-state index contributed by atoms with van der Waals surface area (Å²) in [5.41, 5.74) is 2.71. The maximum Gasteiger partial charge on any atom is 0.385 e. The lowest BCUT2D eigenvalue weighted by atomic mass is 10.1. The first-order chi connectivity index (χ1) is 8.20. The summed E-state index contributed by atoms with van der Waals surface area (Å²) < 4.78 is 5.82. The van der Waals surface area contributed by atoms with Crippen LogP contribution >= 0.6 is 0 Å². The Labute approximate surface area is 100 Å². The van der Waals surface area contributed by atoms with E-state index in [0.29, 0.717) is 5.69 Å². The third-order valence-corrected chi connectivity index (χ3v) is 2.58. The summed E-state index contributed by atoms with van der Waals surface area (Å²) in [5.74, 6) is 1.61. The minimum Gasteiger partial charge on any atom is -0.457 e. The normalized spacial score (nSPS) is 9.71. The molecule has 0 saturated carbocycles. The molecule has 0 bridgehead atoms. The predicted octanol–water partition coefficient (Wildman–Crippen LogP) is 4.58. The van der Waals surface area contributed by atoms with Gasteiger partial charge in [0.25, 0.3) is 0 Å². The highest BCUT2D eigenvalue weighted by Crippen LogP contribution is 2.29. The molecule has 0 spiro atoms. The number of aryl methyl sites for hydroxylation is 2. The lowest BCUT2D eigenvalue weighted by Crippen LogP contribution is -1.90. The molecule has 0 fully saturated rings. The molecule has 3 nitrogen and oxygen atoms in total. The van der Waals surface area contributed by atoms with Crippen LogP contribution in [-0.2, 0) is 0 Å². The van der Waals surface area contributed by atoms with Crippen molar-refractivity contribution in [1.29, 1.82) is 5.39 Å². The number of diazo groups is 1. The predicted molar refractivity (Wildman–Crippen MR) is 67.2 cm³/mol. The highest BCUT2D eigenvalue weighted by atomic mass is 16.5. The number of rotatable bonds is 2. The Balaban J connectivity index is 2.29. The van der Waals surface area contributed by atoms with Crippen molar-refractivity contribution in [3.8, 4) is 11.5 Å². The van der Waals surface area contributed by atoms with Gasteiger partial charge in [0.1, 0.15) is 11.5 Å². The smallest absolute Gasteiger partial charge is 0.385 e. The first-order valence-electron chi connectivity index (χ1n) is 5.40. The molecular formula is C14H13N2O+. The molecule has 17 heavy (non-hydrogen) atoms. The third kappa shape index (κ3) is 2.43. The first kappa shape index (κ1) is 11.2. The Hall–Kier alpha value is -2.34. The van der Waals surface area contributed by atoms with Gasteiger partial charge in [-0.15, -0.1) is 0 Å². The van der Waals surface area contributed by atoms with Gasteiger partial charge in [0.2, 0.25) is 5.39 Å². The average Bonchev–Trinajstić information content (AvgIpc) is 2.35. The molecule has 0 saturated heterocycles. The number of para-hydroxylation sites is 1. The molecule has 2 aromatic carbocycles. The van der Waals surface area contributed by atoms with E-state index in [9.17, 15) is 0 Å². The van der Waals surface area contributed by atoms with Crippen molar-refractivity contribution >= 4 is 5.69 Å². The fraction of sp³-hybridized carbons (Fsp3) is 0.143. The van der Waals surface area contributed by atoms with Crippen LogP contribution in [0, 0.1) is 19.2 Å². The lowest BCUT2D eigenvalue weighted by Gasteiger charge is -2.10. The van der Waals surface area contributed by atoms with Gasteiger partial charge in [0, 0.05) is 12.1 Å². The summed E-state index contributed by atoms with van der Waals surface area (Å²) >= 11 is 0. The number of hydrogen-bond donors (Lipinski definition) is 0. The summed E-state index contributed by atoms with van der Waals surface area (Å²) in [5, 5.41) is 8.59. The maximum absolute atomic E-state index is 8.59. The maximum atomic E-state index is 8.59. The molecule has 3 heteroatoms. The highest BCUT2D eigenvalue weighted by Gasteiger charge is 2.07. The van der Waals surface area contributed by atoms with Gasteiger partial charge in [-0.3, -0.25) is 0 Å². The average molecular weight is 225 g/mol. The van der Waals surface area contributed by atoms with Crippen molar-refractivity contribution in [1.82, 2.24) is 0 Å². The van der Waals surface area contributed by atoms with Crippen LogP contribution in [0.25, 0.3) is 4.98 Å². The molecule has 0 aliphatic carbocycles. The molecule has 0 N–H and O–H groups in total. The van der Waals surface area contributed by atoms with Crippen molar-refractivity contribution in [3.63, 3.8) is 0 Å². The zero-order chi connectivity index (χ0) is 12.3. The van der Waals surface area contributed by atoms with Gasteiger partial charge in [-0.2, -0.15) is 0 Å². The summed E-state index contributed by atoms with van der Waals surface area (Å²) in [6.07, 6.45) is 0. The van der Waals surface area contributed by atoms with Crippen molar-refractivity contribution in [2.45, 2.75) is 13.8 Å². The second-order valence-electron chi connectivity index (χ2n) is 3.92. The Kier molecular flexibility index (Phi) is 3.06. The van der Waals surface area contributed by atoms with E-state index in [0.717, 1.165) is 22.6 Å². The molecule has 84 valence electrons. The summed E-state index contributed by atoms with van der Waals surface area (Å²) in [4.78, 5) is 3.10. The molecule has 2 rings (SSSR count). The summed E-state index contributed by atoms with van der Waals surface area (Å²) in [6, 6.07) is 13.0. The zero-order valence-electron chi connectivity index (χ0n) is 9.84. The van der Waals surface area contributed by atoms with Crippen molar-refractivity contribution in [2.24, 2.45) is 0 Å². The Morgan fingerprint density at radius 1 is 0.941 bits per heavy atom. The molecule has 0 unspecified atom stereocenters. The molecule has 0 heterocycles. The molecular weight excluding hydrogens is 212 g/mol. The number of nitrogens with zero attached hydrogens (tertiary/aromatic N) is 2. The number of hydrogen-bond acceptors (Lipinski definition) is 2.